The second-order valence-corrected chi connectivity index (χ2v) is 7.81. The van der Waals surface area contributed by atoms with Crippen molar-refractivity contribution in [2.24, 2.45) is 0 Å². The number of amides is 1. The van der Waals surface area contributed by atoms with Gasteiger partial charge in [0.1, 0.15) is 17.3 Å². The molecule has 6 nitrogen and oxygen atoms in total. The number of anilines is 1. The van der Waals surface area contributed by atoms with Gasteiger partial charge in [-0.3, -0.25) is 14.5 Å². The van der Waals surface area contributed by atoms with Crippen LogP contribution in [0.5, 0.6) is 11.5 Å². The molecule has 168 valence electrons. The summed E-state index contributed by atoms with van der Waals surface area (Å²) in [5.41, 5.74) is 1.55. The van der Waals surface area contributed by atoms with Crippen LogP contribution in [-0.4, -0.2) is 30.5 Å². The quantitative estimate of drug-likeness (QED) is 0.302. The number of halogens is 1. The van der Waals surface area contributed by atoms with Crippen molar-refractivity contribution in [2.45, 2.75) is 13.0 Å². The van der Waals surface area contributed by atoms with E-state index in [1.165, 1.54) is 4.90 Å². The summed E-state index contributed by atoms with van der Waals surface area (Å²) in [6, 6.07) is 19.5. The minimum absolute atomic E-state index is 0.00213. The fourth-order valence-corrected chi connectivity index (χ4v) is 3.96. The summed E-state index contributed by atoms with van der Waals surface area (Å²) in [6.07, 6.45) is 0. The average molecular weight is 464 g/mol. The largest absolute Gasteiger partial charge is 0.507 e. The van der Waals surface area contributed by atoms with Gasteiger partial charge in [-0.25, -0.2) is 0 Å². The van der Waals surface area contributed by atoms with Crippen LogP contribution in [0.4, 0.5) is 5.69 Å². The van der Waals surface area contributed by atoms with Gasteiger partial charge in [0.25, 0.3) is 11.7 Å². The fraction of sp³-hybridized carbons (Fsp3) is 0.154. The van der Waals surface area contributed by atoms with Crippen molar-refractivity contribution in [3.63, 3.8) is 0 Å². The number of benzene rings is 3. The standard InChI is InChI=1S/C26H22ClNO5/c1-3-33-21-12-6-17(7-13-21)24(29)22-23(16-4-8-18(27)9-5-16)28(26(31)25(22)30)19-10-14-20(32-2)15-11-19/h4-15,23,29H,3H2,1-2H3/b24-22+/t23-/m1/s1. The smallest absolute Gasteiger partial charge is 0.300 e. The number of nitrogens with zero attached hydrogens (tertiary/aromatic N) is 1. The first kappa shape index (κ1) is 22.4. The lowest BCUT2D eigenvalue weighted by atomic mass is 9.95. The van der Waals surface area contributed by atoms with Crippen LogP contribution in [0.15, 0.2) is 78.4 Å². The second-order valence-electron chi connectivity index (χ2n) is 7.38. The van der Waals surface area contributed by atoms with E-state index in [1.807, 2.05) is 6.92 Å². The Hall–Kier alpha value is -3.77. The Labute approximate surface area is 196 Å². The predicted octanol–water partition coefficient (Wildman–Crippen LogP) is 5.37. The number of aliphatic hydroxyl groups excluding tert-OH is 1. The predicted molar refractivity (Wildman–Crippen MR) is 127 cm³/mol. The maximum Gasteiger partial charge on any atom is 0.300 e. The molecule has 1 amide bonds. The van der Waals surface area contributed by atoms with Crippen molar-refractivity contribution in [1.29, 1.82) is 0 Å². The summed E-state index contributed by atoms with van der Waals surface area (Å²) >= 11 is 6.06. The first-order valence-electron chi connectivity index (χ1n) is 10.4. The molecule has 0 saturated carbocycles. The third kappa shape index (κ3) is 4.30. The van der Waals surface area contributed by atoms with E-state index in [4.69, 9.17) is 21.1 Å². The van der Waals surface area contributed by atoms with E-state index in [0.29, 0.717) is 39.9 Å². The highest BCUT2D eigenvalue weighted by atomic mass is 35.5. The third-order valence-corrected chi connectivity index (χ3v) is 5.67. The van der Waals surface area contributed by atoms with Crippen molar-refractivity contribution in [2.75, 3.05) is 18.6 Å². The molecular weight excluding hydrogens is 442 g/mol. The van der Waals surface area contributed by atoms with Crippen LogP contribution in [0.1, 0.15) is 24.1 Å². The van der Waals surface area contributed by atoms with Gasteiger partial charge in [0.2, 0.25) is 0 Å². The van der Waals surface area contributed by atoms with Gasteiger partial charge >= 0.3 is 0 Å². The zero-order valence-electron chi connectivity index (χ0n) is 18.1. The number of methoxy groups -OCH3 is 1. The second kappa shape index (κ2) is 9.38. The monoisotopic (exact) mass is 463 g/mol. The lowest BCUT2D eigenvalue weighted by molar-refractivity contribution is -0.132. The molecule has 0 radical (unpaired) electrons. The van der Waals surface area contributed by atoms with Gasteiger partial charge in [-0.2, -0.15) is 0 Å². The van der Waals surface area contributed by atoms with Crippen molar-refractivity contribution in [3.8, 4) is 11.5 Å². The summed E-state index contributed by atoms with van der Waals surface area (Å²) in [5.74, 6) is -0.494. The lowest BCUT2D eigenvalue weighted by Gasteiger charge is -2.25. The molecule has 1 saturated heterocycles. The van der Waals surface area contributed by atoms with Crippen molar-refractivity contribution in [3.05, 3.63) is 94.5 Å². The summed E-state index contributed by atoms with van der Waals surface area (Å²) < 4.78 is 10.7. The molecular formula is C26H22ClNO5. The number of ether oxygens (including phenoxy) is 2. The zero-order chi connectivity index (χ0) is 23.5. The molecule has 0 aromatic heterocycles. The van der Waals surface area contributed by atoms with Crippen LogP contribution >= 0.6 is 11.6 Å². The highest BCUT2D eigenvalue weighted by Gasteiger charge is 2.46. The maximum atomic E-state index is 13.2. The molecule has 0 unspecified atom stereocenters. The molecule has 1 heterocycles. The fourth-order valence-electron chi connectivity index (χ4n) is 3.83. The number of ketones is 1. The molecule has 33 heavy (non-hydrogen) atoms. The molecule has 0 spiro atoms. The number of hydrogen-bond acceptors (Lipinski definition) is 5. The number of Topliss-reactive ketones (excluding diaryl/α,β-unsaturated/α-hetero) is 1. The lowest BCUT2D eigenvalue weighted by Crippen LogP contribution is -2.29. The molecule has 1 aliphatic rings. The van der Waals surface area contributed by atoms with E-state index in [0.717, 1.165) is 0 Å². The van der Waals surface area contributed by atoms with Crippen LogP contribution in [0.3, 0.4) is 0 Å². The van der Waals surface area contributed by atoms with E-state index >= 15 is 0 Å². The molecule has 7 heteroatoms. The number of aliphatic hydroxyl groups is 1. The maximum absolute atomic E-state index is 13.2. The molecule has 3 aromatic rings. The van der Waals surface area contributed by atoms with E-state index in [-0.39, 0.29) is 11.3 Å². The van der Waals surface area contributed by atoms with Crippen LogP contribution < -0.4 is 14.4 Å². The molecule has 1 atom stereocenters. The summed E-state index contributed by atoms with van der Waals surface area (Å²) in [7, 11) is 1.55. The normalized spacial score (nSPS) is 17.3. The highest BCUT2D eigenvalue weighted by Crippen LogP contribution is 2.42. The number of carbonyl (C=O) groups excluding carboxylic acids is 2. The molecule has 3 aromatic carbocycles. The van der Waals surface area contributed by atoms with Crippen LogP contribution in [0.25, 0.3) is 5.76 Å². The van der Waals surface area contributed by atoms with Crippen molar-refractivity contribution >= 4 is 34.7 Å². The van der Waals surface area contributed by atoms with Gasteiger partial charge in [0, 0.05) is 16.3 Å². The van der Waals surface area contributed by atoms with Gasteiger partial charge in [-0.15, -0.1) is 0 Å². The number of rotatable bonds is 6. The van der Waals surface area contributed by atoms with Crippen molar-refractivity contribution in [1.82, 2.24) is 0 Å². The minimum Gasteiger partial charge on any atom is -0.507 e. The Bertz CT molecular complexity index is 1200. The SMILES string of the molecule is CCOc1ccc(/C(O)=C2\C(=O)C(=O)N(c3ccc(OC)cc3)[C@@H]2c2ccc(Cl)cc2)cc1. The van der Waals surface area contributed by atoms with Crippen molar-refractivity contribution < 1.29 is 24.2 Å². The Kier molecular flexibility index (Phi) is 6.38. The Morgan fingerprint density at radius 3 is 2.12 bits per heavy atom. The summed E-state index contributed by atoms with van der Waals surface area (Å²) in [4.78, 5) is 27.7. The topological polar surface area (TPSA) is 76.1 Å². The molecule has 1 N–H and O–H groups in total. The van der Waals surface area contributed by atoms with E-state index in [9.17, 15) is 14.7 Å². The molecule has 0 bridgehead atoms. The van der Waals surface area contributed by atoms with Crippen LogP contribution in [0.2, 0.25) is 5.02 Å². The van der Waals surface area contributed by atoms with E-state index in [2.05, 4.69) is 0 Å². The first-order valence-corrected chi connectivity index (χ1v) is 10.8. The minimum atomic E-state index is -0.831. The summed E-state index contributed by atoms with van der Waals surface area (Å²) in [5, 5.41) is 11.7. The van der Waals surface area contributed by atoms with E-state index in [1.54, 1.807) is 79.9 Å². The molecule has 0 aliphatic carbocycles. The molecule has 1 aliphatic heterocycles. The average Bonchev–Trinajstić information content (AvgIpc) is 3.10. The van der Waals surface area contributed by atoms with Gasteiger partial charge in [0.15, 0.2) is 0 Å². The molecule has 1 fully saturated rings. The van der Waals surface area contributed by atoms with Gasteiger partial charge in [-0.1, -0.05) is 23.7 Å². The van der Waals surface area contributed by atoms with Gasteiger partial charge in [0.05, 0.1) is 25.3 Å². The van der Waals surface area contributed by atoms with Crippen LogP contribution in [0, 0.1) is 0 Å². The zero-order valence-corrected chi connectivity index (χ0v) is 18.9. The summed E-state index contributed by atoms with van der Waals surface area (Å²) in [6.45, 7) is 2.38. The van der Waals surface area contributed by atoms with Gasteiger partial charge < -0.3 is 14.6 Å². The molecule has 4 rings (SSSR count). The Morgan fingerprint density at radius 2 is 1.55 bits per heavy atom. The van der Waals surface area contributed by atoms with Gasteiger partial charge in [-0.05, 0) is 73.2 Å². The van der Waals surface area contributed by atoms with E-state index < -0.39 is 17.7 Å². The third-order valence-electron chi connectivity index (χ3n) is 5.42. The number of carbonyl (C=O) groups is 2. The number of hydrogen-bond donors (Lipinski definition) is 1. The first-order chi connectivity index (χ1) is 15.9. The Balaban J connectivity index is 1.86. The van der Waals surface area contributed by atoms with Crippen LogP contribution in [-0.2, 0) is 9.59 Å². The Morgan fingerprint density at radius 1 is 0.939 bits per heavy atom. The highest BCUT2D eigenvalue weighted by molar-refractivity contribution is 6.51.